The van der Waals surface area contributed by atoms with Crippen LogP contribution in [0.1, 0.15) is 15.2 Å². The minimum absolute atomic E-state index is 0.135. The number of thioether (sulfide) groups is 1. The second-order valence-electron chi connectivity index (χ2n) is 5.04. The molecule has 1 amide bonds. The smallest absolute Gasteiger partial charge is 0.257 e. The molecule has 1 aromatic heterocycles. The molecule has 0 radical (unpaired) electrons. The molecular formula is C17H11BrN2OS2. The predicted octanol–water partition coefficient (Wildman–Crippen LogP) is 5.43. The lowest BCUT2D eigenvalue weighted by Gasteiger charge is -2.13. The van der Waals surface area contributed by atoms with E-state index >= 15 is 0 Å². The summed E-state index contributed by atoms with van der Waals surface area (Å²) in [5.74, 6) is 0.766. The summed E-state index contributed by atoms with van der Waals surface area (Å²) < 4.78 is 0.951. The topological polar surface area (TPSA) is 42.0 Å². The highest BCUT2D eigenvalue weighted by molar-refractivity contribution is 9.10. The van der Waals surface area contributed by atoms with E-state index in [1.807, 2.05) is 36.0 Å². The molecule has 23 heavy (non-hydrogen) atoms. The molecule has 0 fully saturated rings. The second-order valence-corrected chi connectivity index (χ2v) is 8.05. The molecule has 0 spiro atoms. The number of benzene rings is 2. The van der Waals surface area contributed by atoms with Crippen LogP contribution in [0.3, 0.4) is 0 Å². The molecule has 1 N–H and O–H groups in total. The van der Waals surface area contributed by atoms with Gasteiger partial charge in [-0.15, -0.1) is 23.1 Å². The molecule has 6 heteroatoms. The standard InChI is InChI=1S/C17H11BrN2OS2/c18-11-7-5-10(6-8-11)16(21)20-17-19-15-12-3-1-2-4-13(12)22-9-14(15)23-17/h1-8H,9H2,(H,19,20,21). The van der Waals surface area contributed by atoms with E-state index in [9.17, 15) is 4.79 Å². The van der Waals surface area contributed by atoms with E-state index in [2.05, 4.69) is 38.4 Å². The van der Waals surface area contributed by atoms with Crippen LogP contribution in [0, 0.1) is 0 Å². The van der Waals surface area contributed by atoms with Gasteiger partial charge in [0, 0.05) is 31.1 Å². The zero-order chi connectivity index (χ0) is 15.8. The molecule has 0 saturated heterocycles. The van der Waals surface area contributed by atoms with Crippen LogP contribution in [-0.4, -0.2) is 10.9 Å². The van der Waals surface area contributed by atoms with E-state index in [-0.39, 0.29) is 5.91 Å². The molecule has 3 aromatic rings. The monoisotopic (exact) mass is 402 g/mol. The average Bonchev–Trinajstić information content (AvgIpc) is 2.98. The zero-order valence-electron chi connectivity index (χ0n) is 11.9. The minimum Gasteiger partial charge on any atom is -0.298 e. The molecule has 0 bridgehead atoms. The number of nitrogens with zero attached hydrogens (tertiary/aromatic N) is 1. The van der Waals surface area contributed by atoms with Gasteiger partial charge < -0.3 is 0 Å². The zero-order valence-corrected chi connectivity index (χ0v) is 15.1. The molecular weight excluding hydrogens is 392 g/mol. The summed E-state index contributed by atoms with van der Waals surface area (Å²) in [4.78, 5) is 19.4. The number of nitrogens with one attached hydrogen (secondary N) is 1. The van der Waals surface area contributed by atoms with Crippen LogP contribution < -0.4 is 5.32 Å². The molecule has 4 rings (SSSR count). The van der Waals surface area contributed by atoms with Crippen LogP contribution in [0.2, 0.25) is 0 Å². The number of halogens is 1. The van der Waals surface area contributed by atoms with Gasteiger partial charge in [0.15, 0.2) is 5.13 Å². The normalized spacial score (nSPS) is 12.4. The van der Waals surface area contributed by atoms with Crippen molar-refractivity contribution in [2.75, 3.05) is 5.32 Å². The maximum atomic E-state index is 12.3. The lowest BCUT2D eigenvalue weighted by molar-refractivity contribution is 0.102. The molecule has 2 aromatic carbocycles. The van der Waals surface area contributed by atoms with Gasteiger partial charge in [-0.25, -0.2) is 4.98 Å². The summed E-state index contributed by atoms with van der Waals surface area (Å²) in [7, 11) is 0. The van der Waals surface area contributed by atoms with Crippen molar-refractivity contribution in [3.8, 4) is 11.3 Å². The average molecular weight is 403 g/mol. The first-order valence-corrected chi connectivity index (χ1v) is 9.59. The largest absolute Gasteiger partial charge is 0.298 e. The van der Waals surface area contributed by atoms with Gasteiger partial charge in [0.05, 0.1) is 5.69 Å². The quantitative estimate of drug-likeness (QED) is 0.620. The number of hydrogen-bond acceptors (Lipinski definition) is 4. The number of hydrogen-bond donors (Lipinski definition) is 1. The predicted molar refractivity (Wildman–Crippen MR) is 99.2 cm³/mol. The Hall–Kier alpha value is -1.63. The van der Waals surface area contributed by atoms with Crippen molar-refractivity contribution in [3.63, 3.8) is 0 Å². The van der Waals surface area contributed by atoms with E-state index in [1.54, 1.807) is 23.5 Å². The van der Waals surface area contributed by atoms with Crippen LogP contribution in [0.25, 0.3) is 11.3 Å². The van der Waals surface area contributed by atoms with Crippen LogP contribution in [-0.2, 0) is 5.75 Å². The number of amides is 1. The first-order valence-electron chi connectivity index (χ1n) is 6.99. The van der Waals surface area contributed by atoms with Gasteiger partial charge in [-0.2, -0.15) is 0 Å². The fourth-order valence-electron chi connectivity index (χ4n) is 2.42. The van der Waals surface area contributed by atoms with Gasteiger partial charge in [-0.1, -0.05) is 34.1 Å². The van der Waals surface area contributed by atoms with E-state index < -0.39 is 0 Å². The van der Waals surface area contributed by atoms with E-state index in [4.69, 9.17) is 0 Å². The Kier molecular flexibility index (Phi) is 3.97. The van der Waals surface area contributed by atoms with Crippen molar-refractivity contribution in [3.05, 3.63) is 63.4 Å². The van der Waals surface area contributed by atoms with Crippen molar-refractivity contribution in [2.45, 2.75) is 10.6 Å². The third-order valence-corrected chi connectivity index (χ3v) is 6.31. The molecule has 1 aliphatic heterocycles. The Morgan fingerprint density at radius 1 is 1.13 bits per heavy atom. The number of aromatic nitrogens is 1. The van der Waals surface area contributed by atoms with Crippen LogP contribution in [0.15, 0.2) is 57.9 Å². The summed E-state index contributed by atoms with van der Waals surface area (Å²) >= 11 is 6.74. The first kappa shape index (κ1) is 14.9. The van der Waals surface area contributed by atoms with Gasteiger partial charge in [0.2, 0.25) is 0 Å². The lowest BCUT2D eigenvalue weighted by atomic mass is 10.1. The van der Waals surface area contributed by atoms with E-state index in [0.717, 1.165) is 21.5 Å². The van der Waals surface area contributed by atoms with Gasteiger partial charge in [0.1, 0.15) is 0 Å². The number of fused-ring (bicyclic) bond motifs is 3. The Morgan fingerprint density at radius 3 is 2.74 bits per heavy atom. The third-order valence-electron chi connectivity index (χ3n) is 3.53. The highest BCUT2D eigenvalue weighted by atomic mass is 79.9. The number of carbonyl (C=O) groups is 1. The number of anilines is 1. The fourth-order valence-corrected chi connectivity index (χ4v) is 4.78. The van der Waals surface area contributed by atoms with Crippen molar-refractivity contribution in [2.24, 2.45) is 0 Å². The van der Waals surface area contributed by atoms with Crippen molar-refractivity contribution in [1.29, 1.82) is 0 Å². The van der Waals surface area contributed by atoms with Gasteiger partial charge in [-0.3, -0.25) is 10.1 Å². The third kappa shape index (κ3) is 2.94. The van der Waals surface area contributed by atoms with Gasteiger partial charge >= 0.3 is 0 Å². The number of thiazole rings is 1. The Labute approximate surface area is 150 Å². The van der Waals surface area contributed by atoms with Crippen molar-refractivity contribution in [1.82, 2.24) is 4.98 Å². The molecule has 1 aliphatic rings. The number of carbonyl (C=O) groups excluding carboxylic acids is 1. The van der Waals surface area contributed by atoms with Crippen LogP contribution in [0.4, 0.5) is 5.13 Å². The van der Waals surface area contributed by atoms with Gasteiger partial charge in [-0.05, 0) is 30.3 Å². The molecule has 2 heterocycles. The summed E-state index contributed by atoms with van der Waals surface area (Å²) in [5.41, 5.74) is 2.77. The van der Waals surface area contributed by atoms with E-state index in [1.165, 1.54) is 9.77 Å². The summed E-state index contributed by atoms with van der Waals surface area (Å²) in [6.45, 7) is 0. The Morgan fingerprint density at radius 2 is 1.91 bits per heavy atom. The van der Waals surface area contributed by atoms with Crippen molar-refractivity contribution >= 4 is 50.1 Å². The molecule has 114 valence electrons. The Balaban J connectivity index is 1.62. The van der Waals surface area contributed by atoms with Crippen LogP contribution >= 0.6 is 39.0 Å². The van der Waals surface area contributed by atoms with Gasteiger partial charge in [0.25, 0.3) is 5.91 Å². The highest BCUT2D eigenvalue weighted by Crippen LogP contribution is 2.44. The lowest BCUT2D eigenvalue weighted by Crippen LogP contribution is -2.11. The fraction of sp³-hybridized carbons (Fsp3) is 0.0588. The summed E-state index contributed by atoms with van der Waals surface area (Å²) in [6, 6.07) is 15.6. The second kappa shape index (κ2) is 6.11. The Bertz CT molecular complexity index is 890. The SMILES string of the molecule is O=C(Nc1nc2c(s1)CSc1ccccc1-2)c1ccc(Br)cc1. The molecule has 0 aliphatic carbocycles. The van der Waals surface area contributed by atoms with Crippen molar-refractivity contribution < 1.29 is 4.79 Å². The molecule has 0 saturated carbocycles. The minimum atomic E-state index is -0.135. The first-order chi connectivity index (χ1) is 11.2. The summed E-state index contributed by atoms with van der Waals surface area (Å²) in [6.07, 6.45) is 0. The maximum Gasteiger partial charge on any atom is 0.257 e. The van der Waals surface area contributed by atoms with Crippen LogP contribution in [0.5, 0.6) is 0 Å². The molecule has 3 nitrogen and oxygen atoms in total. The number of rotatable bonds is 2. The highest BCUT2D eigenvalue weighted by Gasteiger charge is 2.21. The maximum absolute atomic E-state index is 12.3. The molecule has 0 atom stereocenters. The summed E-state index contributed by atoms with van der Waals surface area (Å²) in [5, 5.41) is 3.56. The molecule has 0 unspecified atom stereocenters. The van der Waals surface area contributed by atoms with E-state index in [0.29, 0.717) is 10.7 Å².